The lowest BCUT2D eigenvalue weighted by atomic mass is 10.2. The molecule has 3 rings (SSSR count). The first-order valence-corrected chi connectivity index (χ1v) is 6.14. The van der Waals surface area contributed by atoms with Crippen LogP contribution in [0.4, 0.5) is 0 Å². The maximum absolute atomic E-state index is 10.8. The first kappa shape index (κ1) is 10.8. The minimum absolute atomic E-state index is 0.0412. The van der Waals surface area contributed by atoms with Crippen LogP contribution in [0.3, 0.4) is 0 Å². The molecule has 1 saturated heterocycles. The Hall–Kier alpha value is -1.36. The summed E-state index contributed by atoms with van der Waals surface area (Å²) in [6.45, 7) is 0.793. The van der Waals surface area contributed by atoms with E-state index in [9.17, 15) is 4.79 Å². The van der Waals surface area contributed by atoms with E-state index in [1.807, 2.05) is 10.9 Å². The predicted octanol–water partition coefficient (Wildman–Crippen LogP) is 1.77. The highest BCUT2D eigenvalue weighted by atomic mass is 16.5. The lowest BCUT2D eigenvalue weighted by Gasteiger charge is -2.22. The van der Waals surface area contributed by atoms with Crippen LogP contribution in [-0.2, 0) is 9.53 Å². The van der Waals surface area contributed by atoms with Crippen molar-refractivity contribution in [2.24, 2.45) is 5.92 Å². The van der Waals surface area contributed by atoms with Gasteiger partial charge in [0.05, 0.1) is 12.1 Å². The van der Waals surface area contributed by atoms with Crippen molar-refractivity contribution in [3.8, 4) is 0 Å². The zero-order chi connectivity index (χ0) is 11.8. The summed E-state index contributed by atoms with van der Waals surface area (Å²) in [6.07, 6.45) is 7.80. The van der Waals surface area contributed by atoms with E-state index in [2.05, 4.69) is 5.10 Å². The predicted molar refractivity (Wildman–Crippen MR) is 59.6 cm³/mol. The molecule has 0 bridgehead atoms. The van der Waals surface area contributed by atoms with Gasteiger partial charge in [-0.05, 0) is 31.2 Å². The number of carboxylic acid groups (broad SMARTS) is 1. The van der Waals surface area contributed by atoms with Gasteiger partial charge in [0.1, 0.15) is 6.23 Å². The summed E-state index contributed by atoms with van der Waals surface area (Å²) >= 11 is 0. The third-order valence-electron chi connectivity index (χ3n) is 3.61. The smallest absolute Gasteiger partial charge is 0.307 e. The van der Waals surface area contributed by atoms with Crippen molar-refractivity contribution in [2.45, 2.75) is 37.8 Å². The Bertz CT molecular complexity index is 423. The fraction of sp³-hybridized carbons (Fsp3) is 0.667. The Labute approximate surface area is 99.4 Å². The second-order valence-corrected chi connectivity index (χ2v) is 4.86. The monoisotopic (exact) mass is 236 g/mol. The van der Waals surface area contributed by atoms with Crippen molar-refractivity contribution in [2.75, 3.05) is 6.61 Å². The molecule has 2 aliphatic rings. The summed E-state index contributed by atoms with van der Waals surface area (Å²) in [7, 11) is 0. The normalized spacial score (nSPS) is 32.4. The van der Waals surface area contributed by atoms with Gasteiger partial charge >= 0.3 is 5.97 Å². The standard InChI is InChI=1S/C12H16N2O3/c15-12(16)10-5-9(10)8-6-13-14(7-8)11-3-1-2-4-17-11/h6-7,9-11H,1-5H2,(H,15,16)/t9-,10+,11?/m0/s1. The molecule has 1 aliphatic heterocycles. The zero-order valence-corrected chi connectivity index (χ0v) is 9.58. The third kappa shape index (κ3) is 2.07. The second-order valence-electron chi connectivity index (χ2n) is 4.86. The van der Waals surface area contributed by atoms with Crippen molar-refractivity contribution in [3.05, 3.63) is 18.0 Å². The first-order valence-electron chi connectivity index (χ1n) is 6.14. The van der Waals surface area contributed by atoms with Crippen LogP contribution in [0.2, 0.25) is 0 Å². The zero-order valence-electron chi connectivity index (χ0n) is 9.58. The fourth-order valence-corrected chi connectivity index (χ4v) is 2.47. The van der Waals surface area contributed by atoms with E-state index in [0.717, 1.165) is 31.4 Å². The topological polar surface area (TPSA) is 64.3 Å². The molecule has 0 spiro atoms. The summed E-state index contributed by atoms with van der Waals surface area (Å²) in [5.74, 6) is -0.749. The SMILES string of the molecule is O=C(O)[C@@H]1C[C@H]1c1cnn(C2CCCCO2)c1. The molecule has 0 aromatic carbocycles. The van der Waals surface area contributed by atoms with Crippen molar-refractivity contribution in [1.82, 2.24) is 9.78 Å². The molecular weight excluding hydrogens is 220 g/mol. The van der Waals surface area contributed by atoms with Gasteiger partial charge in [0, 0.05) is 18.7 Å². The molecule has 5 heteroatoms. The van der Waals surface area contributed by atoms with E-state index in [-0.39, 0.29) is 18.1 Å². The van der Waals surface area contributed by atoms with E-state index < -0.39 is 5.97 Å². The van der Waals surface area contributed by atoms with Crippen LogP contribution in [-0.4, -0.2) is 27.5 Å². The summed E-state index contributed by atoms with van der Waals surface area (Å²) in [5.41, 5.74) is 1.03. The highest BCUT2D eigenvalue weighted by Crippen LogP contribution is 2.47. The van der Waals surface area contributed by atoms with Crippen LogP contribution >= 0.6 is 0 Å². The van der Waals surface area contributed by atoms with Crippen molar-refractivity contribution in [3.63, 3.8) is 0 Å². The lowest BCUT2D eigenvalue weighted by Crippen LogP contribution is -2.18. The number of carboxylic acids is 1. The van der Waals surface area contributed by atoms with Gasteiger partial charge < -0.3 is 9.84 Å². The number of nitrogens with zero attached hydrogens (tertiary/aromatic N) is 2. The molecule has 0 amide bonds. The van der Waals surface area contributed by atoms with Crippen molar-refractivity contribution >= 4 is 5.97 Å². The average molecular weight is 236 g/mol. The number of hydrogen-bond acceptors (Lipinski definition) is 3. The Kier molecular flexibility index (Phi) is 2.63. The van der Waals surface area contributed by atoms with E-state index in [0.29, 0.717) is 0 Å². The first-order chi connectivity index (χ1) is 8.25. The maximum atomic E-state index is 10.8. The van der Waals surface area contributed by atoms with Crippen LogP contribution in [0.5, 0.6) is 0 Å². The molecule has 2 fully saturated rings. The molecule has 1 aromatic heterocycles. The molecule has 1 N–H and O–H groups in total. The third-order valence-corrected chi connectivity index (χ3v) is 3.61. The quantitative estimate of drug-likeness (QED) is 0.868. The number of hydrogen-bond donors (Lipinski definition) is 1. The number of rotatable bonds is 3. The summed E-state index contributed by atoms with van der Waals surface area (Å²) in [6, 6.07) is 0. The van der Waals surface area contributed by atoms with Crippen LogP contribution in [0.15, 0.2) is 12.4 Å². The molecule has 3 atom stereocenters. The molecule has 1 saturated carbocycles. The van der Waals surface area contributed by atoms with Gasteiger partial charge in [0.25, 0.3) is 0 Å². The molecule has 1 unspecified atom stereocenters. The highest BCUT2D eigenvalue weighted by Gasteiger charge is 2.44. The largest absolute Gasteiger partial charge is 0.481 e. The lowest BCUT2D eigenvalue weighted by molar-refractivity contribution is -0.138. The Balaban J connectivity index is 1.68. The number of ether oxygens (including phenoxy) is 1. The molecule has 17 heavy (non-hydrogen) atoms. The minimum Gasteiger partial charge on any atom is -0.481 e. The molecular formula is C12H16N2O3. The molecule has 5 nitrogen and oxygen atoms in total. The molecule has 1 aliphatic carbocycles. The molecule has 2 heterocycles. The number of aliphatic carboxylic acids is 1. The van der Waals surface area contributed by atoms with Crippen molar-refractivity contribution in [1.29, 1.82) is 0 Å². The van der Waals surface area contributed by atoms with Gasteiger partial charge in [0.2, 0.25) is 0 Å². The Morgan fingerprint density at radius 1 is 1.53 bits per heavy atom. The van der Waals surface area contributed by atoms with Gasteiger partial charge in [-0.25, -0.2) is 4.68 Å². The maximum Gasteiger partial charge on any atom is 0.307 e. The van der Waals surface area contributed by atoms with Gasteiger partial charge in [-0.2, -0.15) is 5.10 Å². The van der Waals surface area contributed by atoms with Gasteiger partial charge in [0.15, 0.2) is 0 Å². The van der Waals surface area contributed by atoms with Crippen LogP contribution in [0.1, 0.15) is 43.4 Å². The Morgan fingerprint density at radius 2 is 2.41 bits per heavy atom. The average Bonchev–Trinajstić information content (AvgIpc) is 3.01. The summed E-state index contributed by atoms with van der Waals surface area (Å²) in [4.78, 5) is 10.8. The second kappa shape index (κ2) is 4.14. The molecule has 0 radical (unpaired) electrons. The van der Waals surface area contributed by atoms with E-state index in [1.165, 1.54) is 6.42 Å². The molecule has 92 valence electrons. The van der Waals surface area contributed by atoms with E-state index in [1.54, 1.807) is 6.20 Å². The summed E-state index contributed by atoms with van der Waals surface area (Å²) < 4.78 is 7.47. The Morgan fingerprint density at radius 3 is 3.06 bits per heavy atom. The molecule has 1 aromatic rings. The minimum atomic E-state index is -0.698. The number of carbonyl (C=O) groups is 1. The van der Waals surface area contributed by atoms with Gasteiger partial charge in [-0.3, -0.25) is 4.79 Å². The highest BCUT2D eigenvalue weighted by molar-refractivity contribution is 5.75. The van der Waals surface area contributed by atoms with E-state index >= 15 is 0 Å². The number of aromatic nitrogens is 2. The van der Waals surface area contributed by atoms with Gasteiger partial charge in [-0.1, -0.05) is 0 Å². The van der Waals surface area contributed by atoms with Crippen LogP contribution in [0, 0.1) is 5.92 Å². The van der Waals surface area contributed by atoms with Gasteiger partial charge in [-0.15, -0.1) is 0 Å². The van der Waals surface area contributed by atoms with E-state index in [4.69, 9.17) is 9.84 Å². The summed E-state index contributed by atoms with van der Waals surface area (Å²) in [5, 5.41) is 13.2. The van der Waals surface area contributed by atoms with Crippen LogP contribution in [0.25, 0.3) is 0 Å². The van der Waals surface area contributed by atoms with Crippen molar-refractivity contribution < 1.29 is 14.6 Å². The fourth-order valence-electron chi connectivity index (χ4n) is 2.47. The van der Waals surface area contributed by atoms with Crippen LogP contribution < -0.4 is 0 Å².